The molecule has 0 amide bonds. The first-order valence-electron chi connectivity index (χ1n) is 12.1. The minimum atomic E-state index is -1.76. The molecule has 0 saturated carbocycles. The number of benzene rings is 4. The normalized spacial score (nSPS) is 13.2. The van der Waals surface area contributed by atoms with Gasteiger partial charge in [-0.3, -0.25) is 0 Å². The van der Waals surface area contributed by atoms with Crippen LogP contribution in [0.2, 0.25) is 0 Å². The van der Waals surface area contributed by atoms with E-state index in [1.54, 1.807) is 24.3 Å². The summed E-state index contributed by atoms with van der Waals surface area (Å²) in [6.45, 7) is 0. The fraction of sp³-hybridized carbons (Fsp3) is 0.0667. The summed E-state index contributed by atoms with van der Waals surface area (Å²) in [5.41, 5.74) is 0. The molecule has 0 N–H and O–H groups in total. The van der Waals surface area contributed by atoms with Crippen molar-refractivity contribution in [2.45, 2.75) is 12.8 Å². The van der Waals surface area contributed by atoms with Crippen LogP contribution in [0.15, 0.2) is 139 Å². The number of para-hydroxylation sites is 3. The van der Waals surface area contributed by atoms with Gasteiger partial charge < -0.3 is 27.1 Å². The first-order chi connectivity index (χ1) is 18.8. The molecule has 5 rings (SSSR count). The lowest BCUT2D eigenvalue weighted by molar-refractivity contribution is 0.337. The highest BCUT2D eigenvalue weighted by Crippen LogP contribution is 2.46. The van der Waals surface area contributed by atoms with Crippen molar-refractivity contribution in [1.29, 1.82) is 0 Å². The van der Waals surface area contributed by atoms with Crippen LogP contribution in [0.25, 0.3) is 0 Å². The monoisotopic (exact) mass is 544 g/mol. The first kappa shape index (κ1) is 25.7. The van der Waals surface area contributed by atoms with Gasteiger partial charge in [-0.1, -0.05) is 60.7 Å². The third kappa shape index (κ3) is 8.01. The van der Waals surface area contributed by atoms with Crippen LogP contribution in [-0.4, -0.2) is 0 Å². The Labute approximate surface area is 225 Å². The molecule has 0 aliphatic heterocycles. The predicted octanol–water partition coefficient (Wildman–Crippen LogP) is 9.39. The van der Waals surface area contributed by atoms with Crippen LogP contribution in [0.1, 0.15) is 12.8 Å². The summed E-state index contributed by atoms with van der Waals surface area (Å²) in [5.74, 6) is 3.86. The summed E-state index contributed by atoms with van der Waals surface area (Å²) in [6.07, 6.45) is 7.97. The smallest absolute Gasteiger partial charge is 0.409 e. The van der Waals surface area contributed by atoms with Gasteiger partial charge in [-0.15, -0.1) is 0 Å². The second kappa shape index (κ2) is 13.5. The Bertz CT molecular complexity index is 1270. The maximum absolute atomic E-state index is 6.11. The summed E-state index contributed by atoms with van der Waals surface area (Å²) < 4.78 is 36.3. The van der Waals surface area contributed by atoms with Gasteiger partial charge in [-0.2, -0.15) is 0 Å². The molecular weight excluding hydrogens is 518 g/mol. The molecule has 1 unspecified atom stereocenters. The first-order valence-corrected chi connectivity index (χ1v) is 14.3. The zero-order valence-electron chi connectivity index (χ0n) is 20.5. The van der Waals surface area contributed by atoms with E-state index >= 15 is 0 Å². The van der Waals surface area contributed by atoms with E-state index in [9.17, 15) is 0 Å². The van der Waals surface area contributed by atoms with Gasteiger partial charge in [0.15, 0.2) is 0 Å². The third-order valence-corrected chi connectivity index (χ3v) is 7.25. The zero-order valence-corrected chi connectivity index (χ0v) is 22.2. The van der Waals surface area contributed by atoms with Gasteiger partial charge in [0.1, 0.15) is 34.5 Å². The van der Waals surface area contributed by atoms with Crippen LogP contribution in [0.5, 0.6) is 28.7 Å². The third-order valence-electron chi connectivity index (χ3n) is 5.09. The van der Waals surface area contributed by atoms with Gasteiger partial charge in [0.05, 0.1) is 0 Å². The van der Waals surface area contributed by atoms with E-state index in [4.69, 9.17) is 27.1 Å². The van der Waals surface area contributed by atoms with Gasteiger partial charge in [0.25, 0.3) is 0 Å². The average Bonchev–Trinajstić information content (AvgIpc) is 2.96. The van der Waals surface area contributed by atoms with Gasteiger partial charge in [0, 0.05) is 0 Å². The number of allylic oxidation sites excluding steroid dienone is 3. The zero-order chi connectivity index (χ0) is 25.8. The molecule has 0 aromatic heterocycles. The van der Waals surface area contributed by atoms with E-state index in [-0.39, 0.29) is 0 Å². The molecule has 4 aromatic carbocycles. The Morgan fingerprint density at radius 3 is 1.13 bits per heavy atom. The van der Waals surface area contributed by atoms with Gasteiger partial charge in [-0.05, 0) is 85.7 Å². The molecule has 192 valence electrons. The van der Waals surface area contributed by atoms with Crippen molar-refractivity contribution in [3.05, 3.63) is 139 Å². The summed E-state index contributed by atoms with van der Waals surface area (Å²) in [6, 6.07) is 35.5. The van der Waals surface area contributed by atoms with Crippen LogP contribution in [0.3, 0.4) is 0 Å². The van der Waals surface area contributed by atoms with Crippen LogP contribution in [-0.2, 0) is 4.52 Å². The highest BCUT2D eigenvalue weighted by Gasteiger charge is 2.22. The Hall–Kier alpha value is -3.98. The quantitative estimate of drug-likeness (QED) is 0.166. The Morgan fingerprint density at radius 1 is 0.395 bits per heavy atom. The molecule has 1 atom stereocenters. The molecular formula is C30H26O6P2. The molecule has 0 saturated heterocycles. The maximum atomic E-state index is 6.11. The van der Waals surface area contributed by atoms with Crippen molar-refractivity contribution >= 4 is 17.2 Å². The standard InChI is InChI=1S/C30H26O6P2/c1-5-13-25(14-6-1)31-37(32-26-15-7-2-8-16-26)35-29-21-23-30(24-22-29)36-38(33-27-17-9-3-10-18-27)34-28-19-11-4-12-20-28/h1-3,5-11,13-24H,4,12H2. The lowest BCUT2D eigenvalue weighted by atomic mass is 10.2. The summed E-state index contributed by atoms with van der Waals surface area (Å²) in [5, 5.41) is 0. The van der Waals surface area contributed by atoms with E-state index in [2.05, 4.69) is 6.08 Å². The van der Waals surface area contributed by atoms with Crippen molar-refractivity contribution in [3.63, 3.8) is 0 Å². The van der Waals surface area contributed by atoms with Crippen LogP contribution < -0.4 is 22.6 Å². The molecule has 1 aliphatic carbocycles. The van der Waals surface area contributed by atoms with Crippen LogP contribution >= 0.6 is 17.2 Å². The highest BCUT2D eigenvalue weighted by atomic mass is 31.2. The van der Waals surface area contributed by atoms with Crippen molar-refractivity contribution in [2.75, 3.05) is 0 Å². The van der Waals surface area contributed by atoms with Crippen LogP contribution in [0, 0.1) is 0 Å². The van der Waals surface area contributed by atoms with Gasteiger partial charge in [-0.25, -0.2) is 0 Å². The molecule has 0 spiro atoms. The lowest BCUT2D eigenvalue weighted by Crippen LogP contribution is -2.02. The molecule has 0 bridgehead atoms. The number of hydrogen-bond acceptors (Lipinski definition) is 6. The fourth-order valence-corrected chi connectivity index (χ4v) is 5.29. The highest BCUT2D eigenvalue weighted by molar-refractivity contribution is 7.43. The maximum Gasteiger partial charge on any atom is 0.530 e. The Kier molecular flexibility index (Phi) is 9.14. The van der Waals surface area contributed by atoms with E-state index in [1.165, 1.54) is 0 Å². The van der Waals surface area contributed by atoms with Crippen molar-refractivity contribution < 1.29 is 27.1 Å². The largest absolute Gasteiger partial charge is 0.530 e. The molecule has 38 heavy (non-hydrogen) atoms. The van der Waals surface area contributed by atoms with E-state index in [0.717, 1.165) is 18.6 Å². The van der Waals surface area contributed by atoms with Crippen LogP contribution in [0.4, 0.5) is 0 Å². The van der Waals surface area contributed by atoms with Crippen molar-refractivity contribution in [2.24, 2.45) is 0 Å². The lowest BCUT2D eigenvalue weighted by Gasteiger charge is -2.20. The second-order valence-corrected chi connectivity index (χ2v) is 9.98. The van der Waals surface area contributed by atoms with Crippen molar-refractivity contribution in [1.82, 2.24) is 0 Å². The average molecular weight is 544 g/mol. The fourth-order valence-electron chi connectivity index (χ4n) is 3.29. The summed E-state index contributed by atoms with van der Waals surface area (Å²) in [4.78, 5) is 0. The minimum Gasteiger partial charge on any atom is -0.409 e. The van der Waals surface area contributed by atoms with Crippen molar-refractivity contribution in [3.8, 4) is 28.7 Å². The molecule has 4 aromatic rings. The Morgan fingerprint density at radius 2 is 0.763 bits per heavy atom. The van der Waals surface area contributed by atoms with Gasteiger partial charge >= 0.3 is 17.2 Å². The second-order valence-electron chi connectivity index (χ2n) is 7.99. The molecule has 0 fully saturated rings. The molecule has 8 heteroatoms. The summed E-state index contributed by atoms with van der Waals surface area (Å²) >= 11 is 0. The molecule has 6 nitrogen and oxygen atoms in total. The molecule has 1 aliphatic rings. The van der Waals surface area contributed by atoms with E-state index in [1.807, 2.05) is 103 Å². The minimum absolute atomic E-state index is 0.572. The molecule has 0 radical (unpaired) electrons. The topological polar surface area (TPSA) is 55.4 Å². The predicted molar refractivity (Wildman–Crippen MR) is 150 cm³/mol. The SMILES string of the molecule is C1=CC(OP(Oc2ccccc2)Oc2ccc(OP(Oc3ccccc3)Oc3ccccc3)cc2)=CCC1. The number of rotatable bonds is 12. The Balaban J connectivity index is 1.27. The van der Waals surface area contributed by atoms with E-state index < -0.39 is 17.2 Å². The number of hydrogen-bond donors (Lipinski definition) is 0. The summed E-state index contributed by atoms with van der Waals surface area (Å²) in [7, 11) is -3.50. The molecule has 0 heterocycles. The van der Waals surface area contributed by atoms with E-state index in [0.29, 0.717) is 28.7 Å². The van der Waals surface area contributed by atoms with Gasteiger partial charge in [0.2, 0.25) is 0 Å².